The van der Waals surface area contributed by atoms with E-state index < -0.39 is 36.0 Å². The van der Waals surface area contributed by atoms with Crippen molar-refractivity contribution in [1.29, 1.82) is 0 Å². The number of benzene rings is 2. The second-order valence-electron chi connectivity index (χ2n) is 8.55. The Labute approximate surface area is 187 Å². The molecule has 2 aromatic carbocycles. The Hall–Kier alpha value is -2.58. The monoisotopic (exact) mass is 470 g/mol. The van der Waals surface area contributed by atoms with E-state index in [1.165, 1.54) is 19.9 Å². The first kappa shape index (κ1) is 24.1. The van der Waals surface area contributed by atoms with E-state index in [4.69, 9.17) is 11.6 Å². The van der Waals surface area contributed by atoms with Crippen molar-refractivity contribution >= 4 is 28.2 Å². The van der Waals surface area contributed by atoms with Crippen LogP contribution in [-0.4, -0.2) is 33.5 Å². The minimum absolute atomic E-state index is 0.0388. The molecule has 1 aromatic heterocycles. The van der Waals surface area contributed by atoms with Crippen molar-refractivity contribution in [2.75, 3.05) is 11.9 Å². The van der Waals surface area contributed by atoms with E-state index in [0.29, 0.717) is 10.9 Å². The number of pyridine rings is 1. The van der Waals surface area contributed by atoms with Gasteiger partial charge in [-0.15, -0.1) is 0 Å². The number of phenols is 1. The van der Waals surface area contributed by atoms with Gasteiger partial charge in [-0.2, -0.15) is 13.2 Å². The molecule has 0 saturated heterocycles. The summed E-state index contributed by atoms with van der Waals surface area (Å²) in [6, 6.07) is 9.60. The molecule has 9 heteroatoms. The van der Waals surface area contributed by atoms with Crippen molar-refractivity contribution in [3.63, 3.8) is 0 Å². The Bertz CT molecular complexity index is 1150. The van der Waals surface area contributed by atoms with Crippen LogP contribution in [0, 0.1) is 12.7 Å². The number of fused-ring (bicyclic) bond motifs is 1. The molecule has 0 radical (unpaired) electrons. The van der Waals surface area contributed by atoms with Crippen LogP contribution in [0.2, 0.25) is 5.02 Å². The third-order valence-corrected chi connectivity index (χ3v) is 5.78. The van der Waals surface area contributed by atoms with E-state index in [1.807, 2.05) is 0 Å². The number of aliphatic hydroxyl groups is 1. The predicted octanol–water partition coefficient (Wildman–Crippen LogP) is 6.11. The summed E-state index contributed by atoms with van der Waals surface area (Å²) in [4.78, 5) is 4.34. The number of aromatic hydroxyl groups is 1. The highest BCUT2D eigenvalue weighted by atomic mass is 35.5. The molecule has 3 N–H and O–H groups in total. The number of halogens is 5. The molecule has 1 heterocycles. The number of aryl methyl sites for hydroxylation is 1. The number of aromatic nitrogens is 1. The number of anilines is 1. The molecule has 32 heavy (non-hydrogen) atoms. The Kier molecular flexibility index (Phi) is 6.32. The van der Waals surface area contributed by atoms with Crippen LogP contribution in [0.4, 0.5) is 23.2 Å². The van der Waals surface area contributed by atoms with Gasteiger partial charge >= 0.3 is 6.18 Å². The first-order valence-corrected chi connectivity index (χ1v) is 10.2. The number of rotatable bonds is 6. The summed E-state index contributed by atoms with van der Waals surface area (Å²) in [5.74, 6) is -1.06. The zero-order valence-corrected chi connectivity index (χ0v) is 18.4. The van der Waals surface area contributed by atoms with Crippen LogP contribution in [0.5, 0.6) is 5.75 Å². The minimum Gasteiger partial charge on any atom is -0.508 e. The molecule has 0 fully saturated rings. The average molecular weight is 471 g/mol. The van der Waals surface area contributed by atoms with Gasteiger partial charge in [-0.25, -0.2) is 4.39 Å². The molecule has 0 aliphatic rings. The minimum atomic E-state index is -5.02. The molecule has 0 aliphatic carbocycles. The SMILES string of the molecule is Cc1ccc2c(NCC(O)(CC(C)(C)c3cc(F)ccc3O)C(F)(F)F)c(Cl)ccc2n1. The molecule has 0 aliphatic heterocycles. The lowest BCUT2D eigenvalue weighted by molar-refractivity contribution is -0.260. The van der Waals surface area contributed by atoms with Gasteiger partial charge in [-0.1, -0.05) is 25.4 Å². The maximum absolute atomic E-state index is 14.0. The molecular weight excluding hydrogens is 448 g/mol. The van der Waals surface area contributed by atoms with E-state index in [9.17, 15) is 27.8 Å². The third-order valence-electron chi connectivity index (χ3n) is 5.47. The highest BCUT2D eigenvalue weighted by Gasteiger charge is 2.56. The van der Waals surface area contributed by atoms with Crippen LogP contribution in [0.1, 0.15) is 31.5 Å². The van der Waals surface area contributed by atoms with Crippen LogP contribution in [0.3, 0.4) is 0 Å². The second-order valence-corrected chi connectivity index (χ2v) is 8.95. The number of nitrogens with zero attached hydrogens (tertiary/aromatic N) is 1. The van der Waals surface area contributed by atoms with Gasteiger partial charge in [0.2, 0.25) is 0 Å². The van der Waals surface area contributed by atoms with Crippen LogP contribution in [0.15, 0.2) is 42.5 Å². The number of phenolic OH excluding ortho intramolecular Hbond substituents is 1. The zero-order chi connectivity index (χ0) is 23.9. The number of hydrogen-bond donors (Lipinski definition) is 3. The standard InChI is InChI=1S/C23H23ClF4N2O2/c1-13-4-6-15-18(30-13)8-7-17(24)20(15)29-12-22(32,23(26,27)28)11-21(2,3)16-10-14(25)5-9-19(16)31/h4-10,29,31-32H,11-12H2,1-3H3. The van der Waals surface area contributed by atoms with Gasteiger partial charge in [-0.3, -0.25) is 4.98 Å². The first-order valence-electron chi connectivity index (χ1n) is 9.81. The molecule has 0 saturated carbocycles. The largest absolute Gasteiger partial charge is 0.508 e. The third kappa shape index (κ3) is 4.76. The van der Waals surface area contributed by atoms with Crippen molar-refractivity contribution in [3.8, 4) is 5.75 Å². The van der Waals surface area contributed by atoms with Gasteiger partial charge in [0.1, 0.15) is 11.6 Å². The summed E-state index contributed by atoms with van der Waals surface area (Å²) in [6.45, 7) is 3.67. The Balaban J connectivity index is 1.97. The van der Waals surface area contributed by atoms with E-state index in [0.717, 1.165) is 23.9 Å². The van der Waals surface area contributed by atoms with Crippen molar-refractivity contribution in [2.24, 2.45) is 0 Å². The van der Waals surface area contributed by atoms with Crippen molar-refractivity contribution < 1.29 is 27.8 Å². The Morgan fingerprint density at radius 3 is 2.41 bits per heavy atom. The van der Waals surface area contributed by atoms with E-state index in [-0.39, 0.29) is 22.0 Å². The van der Waals surface area contributed by atoms with Crippen LogP contribution < -0.4 is 5.32 Å². The molecule has 1 unspecified atom stereocenters. The highest BCUT2D eigenvalue weighted by Crippen LogP contribution is 2.44. The number of alkyl halides is 3. The van der Waals surface area contributed by atoms with Gasteiger partial charge in [-0.05, 0) is 61.2 Å². The number of hydrogen-bond acceptors (Lipinski definition) is 4. The van der Waals surface area contributed by atoms with Gasteiger partial charge in [0.05, 0.1) is 22.8 Å². The van der Waals surface area contributed by atoms with Gasteiger partial charge in [0.15, 0.2) is 5.60 Å². The summed E-state index contributed by atoms with van der Waals surface area (Å²) < 4.78 is 55.8. The van der Waals surface area contributed by atoms with Crippen molar-refractivity contribution in [3.05, 3.63) is 64.6 Å². The Morgan fingerprint density at radius 1 is 1.06 bits per heavy atom. The van der Waals surface area contributed by atoms with Crippen molar-refractivity contribution in [2.45, 2.75) is 44.4 Å². The molecule has 0 amide bonds. The fourth-order valence-corrected chi connectivity index (χ4v) is 4.06. The number of nitrogens with one attached hydrogen (secondary N) is 1. The lowest BCUT2D eigenvalue weighted by Crippen LogP contribution is -2.53. The normalized spacial score (nSPS) is 14.4. The molecule has 0 bridgehead atoms. The lowest BCUT2D eigenvalue weighted by Gasteiger charge is -2.38. The van der Waals surface area contributed by atoms with Crippen LogP contribution in [-0.2, 0) is 5.41 Å². The van der Waals surface area contributed by atoms with Crippen LogP contribution in [0.25, 0.3) is 10.9 Å². The fourth-order valence-electron chi connectivity index (χ4n) is 3.83. The molecule has 4 nitrogen and oxygen atoms in total. The summed E-state index contributed by atoms with van der Waals surface area (Å²) >= 11 is 6.23. The maximum atomic E-state index is 14.0. The lowest BCUT2D eigenvalue weighted by atomic mass is 9.74. The quantitative estimate of drug-likeness (QED) is 0.380. The summed E-state index contributed by atoms with van der Waals surface area (Å²) in [7, 11) is 0. The average Bonchev–Trinajstić information content (AvgIpc) is 2.68. The van der Waals surface area contributed by atoms with Gasteiger partial charge in [0.25, 0.3) is 0 Å². The second kappa shape index (κ2) is 8.41. The molecule has 3 aromatic rings. The molecule has 1 atom stereocenters. The summed E-state index contributed by atoms with van der Waals surface area (Å²) in [5, 5.41) is 24.2. The van der Waals surface area contributed by atoms with E-state index >= 15 is 0 Å². The molecule has 172 valence electrons. The predicted molar refractivity (Wildman–Crippen MR) is 117 cm³/mol. The van der Waals surface area contributed by atoms with E-state index in [2.05, 4.69) is 10.3 Å². The first-order chi connectivity index (χ1) is 14.7. The smallest absolute Gasteiger partial charge is 0.418 e. The summed E-state index contributed by atoms with van der Waals surface area (Å²) in [5.41, 5.74) is -3.18. The fraction of sp³-hybridized carbons (Fsp3) is 0.348. The van der Waals surface area contributed by atoms with Crippen LogP contribution >= 0.6 is 11.6 Å². The zero-order valence-electron chi connectivity index (χ0n) is 17.7. The molecule has 3 rings (SSSR count). The Morgan fingerprint density at radius 2 is 1.75 bits per heavy atom. The molecular formula is C23H23ClF4N2O2. The topological polar surface area (TPSA) is 65.4 Å². The summed E-state index contributed by atoms with van der Waals surface area (Å²) in [6.07, 6.45) is -5.86. The maximum Gasteiger partial charge on any atom is 0.418 e. The van der Waals surface area contributed by atoms with Crippen molar-refractivity contribution in [1.82, 2.24) is 4.98 Å². The van der Waals surface area contributed by atoms with Gasteiger partial charge < -0.3 is 15.5 Å². The van der Waals surface area contributed by atoms with Gasteiger partial charge in [0, 0.05) is 16.6 Å². The highest BCUT2D eigenvalue weighted by molar-refractivity contribution is 6.34. The molecule has 0 spiro atoms. The van der Waals surface area contributed by atoms with E-state index in [1.54, 1.807) is 25.1 Å².